The summed E-state index contributed by atoms with van der Waals surface area (Å²) in [5, 5.41) is 3.01. The Bertz CT molecular complexity index is 1440. The maximum Gasteiger partial charge on any atom is 0.244 e. The van der Waals surface area contributed by atoms with E-state index >= 15 is 0 Å². The molecule has 1 N–H and O–H groups in total. The van der Waals surface area contributed by atoms with Crippen LogP contribution in [0.1, 0.15) is 38.8 Å². The van der Waals surface area contributed by atoms with Crippen molar-refractivity contribution in [1.29, 1.82) is 0 Å². The maximum atomic E-state index is 14.2. The number of hydrogen-bond donors (Lipinski definition) is 1. The molecule has 0 aromatic heterocycles. The Morgan fingerprint density at radius 3 is 2.12 bits per heavy atom. The van der Waals surface area contributed by atoms with E-state index in [2.05, 4.69) is 5.32 Å². The van der Waals surface area contributed by atoms with Crippen LogP contribution in [0.4, 0.5) is 5.69 Å². The molecule has 3 rings (SSSR count). The molecule has 3 aromatic carbocycles. The van der Waals surface area contributed by atoms with E-state index in [0.29, 0.717) is 23.8 Å². The molecule has 10 heteroatoms. The third-order valence-corrected chi connectivity index (χ3v) is 7.51. The second kappa shape index (κ2) is 14.2. The molecule has 0 saturated heterocycles. The molecule has 9 nitrogen and oxygen atoms in total. The molecule has 0 spiro atoms. The summed E-state index contributed by atoms with van der Waals surface area (Å²) in [5.74, 6) is 0.324. The zero-order chi connectivity index (χ0) is 30.9. The molecule has 0 aliphatic carbocycles. The lowest BCUT2D eigenvalue weighted by atomic mass is 10.0. The van der Waals surface area contributed by atoms with Gasteiger partial charge in [0.2, 0.25) is 21.8 Å². The summed E-state index contributed by atoms with van der Waals surface area (Å²) >= 11 is 0. The minimum atomic E-state index is -3.86. The monoisotopic (exact) mass is 595 g/mol. The van der Waals surface area contributed by atoms with Gasteiger partial charge in [0.1, 0.15) is 24.1 Å². The number of benzene rings is 3. The Balaban J connectivity index is 2.06. The van der Waals surface area contributed by atoms with Crippen LogP contribution in [0.25, 0.3) is 0 Å². The van der Waals surface area contributed by atoms with E-state index in [1.54, 1.807) is 49.6 Å². The van der Waals surface area contributed by atoms with Crippen LogP contribution in [0.15, 0.2) is 78.9 Å². The lowest BCUT2D eigenvalue weighted by molar-refractivity contribution is -0.140. The Labute approximate surface area is 249 Å². The average molecular weight is 596 g/mol. The highest BCUT2D eigenvalue weighted by Crippen LogP contribution is 2.24. The van der Waals surface area contributed by atoms with Crippen LogP contribution < -0.4 is 19.1 Å². The van der Waals surface area contributed by atoms with E-state index in [0.717, 1.165) is 21.7 Å². The number of sulfonamides is 1. The summed E-state index contributed by atoms with van der Waals surface area (Å²) in [6.07, 6.45) is 1.29. The number of anilines is 1. The lowest BCUT2D eigenvalue weighted by Crippen LogP contribution is -2.56. The van der Waals surface area contributed by atoms with Crippen LogP contribution >= 0.6 is 0 Å². The van der Waals surface area contributed by atoms with Gasteiger partial charge < -0.3 is 19.7 Å². The highest BCUT2D eigenvalue weighted by molar-refractivity contribution is 7.92. The maximum absolute atomic E-state index is 14.2. The van der Waals surface area contributed by atoms with E-state index in [9.17, 15) is 18.0 Å². The van der Waals surface area contributed by atoms with Gasteiger partial charge in [-0.1, -0.05) is 42.5 Å². The molecule has 0 bridgehead atoms. The Kier molecular flexibility index (Phi) is 11.0. The third kappa shape index (κ3) is 9.51. The first-order valence-electron chi connectivity index (χ1n) is 13.8. The fourth-order valence-corrected chi connectivity index (χ4v) is 5.31. The normalized spacial score (nSPS) is 12.2. The Hall–Kier alpha value is -4.05. The first-order valence-corrected chi connectivity index (χ1v) is 15.6. The number of hydrogen-bond acceptors (Lipinski definition) is 6. The van der Waals surface area contributed by atoms with Crippen molar-refractivity contribution in [3.8, 4) is 11.5 Å². The number of ether oxygens (including phenoxy) is 2. The summed E-state index contributed by atoms with van der Waals surface area (Å²) in [5.41, 5.74) is 1.35. The number of carbonyl (C=O) groups is 2. The van der Waals surface area contributed by atoms with Crippen molar-refractivity contribution in [2.24, 2.45) is 0 Å². The van der Waals surface area contributed by atoms with Gasteiger partial charge in [-0.25, -0.2) is 8.42 Å². The highest BCUT2D eigenvalue weighted by Gasteiger charge is 2.34. The second-order valence-corrected chi connectivity index (χ2v) is 12.9. The molecule has 0 aliphatic rings. The van der Waals surface area contributed by atoms with E-state index in [1.807, 2.05) is 64.1 Å². The minimum Gasteiger partial charge on any atom is -0.497 e. The first-order chi connectivity index (χ1) is 19.8. The molecule has 0 heterocycles. The zero-order valence-corrected chi connectivity index (χ0v) is 26.0. The molecule has 1 atom stereocenters. The first kappa shape index (κ1) is 32.5. The molecular formula is C32H41N3O6S. The standard InChI is InChI=1S/C32H41N3O6S/c1-7-41-27-18-16-26(17-19-27)35(42(6,38)39)23-30(36)34(22-25-14-11-15-28(20-25)40-5)29(31(37)33-32(2,3)4)21-24-12-9-8-10-13-24/h8-20,29H,7,21-23H2,1-6H3,(H,33,37). The van der Waals surface area contributed by atoms with Gasteiger partial charge in [0, 0.05) is 18.5 Å². The third-order valence-electron chi connectivity index (χ3n) is 6.37. The van der Waals surface area contributed by atoms with Crippen molar-refractivity contribution in [3.05, 3.63) is 90.0 Å². The molecule has 0 radical (unpaired) electrons. The van der Waals surface area contributed by atoms with Gasteiger partial charge in [-0.05, 0) is 75.2 Å². The quantitative estimate of drug-likeness (QED) is 0.314. The molecule has 0 fully saturated rings. The van der Waals surface area contributed by atoms with Crippen molar-refractivity contribution in [3.63, 3.8) is 0 Å². The zero-order valence-electron chi connectivity index (χ0n) is 25.2. The van der Waals surface area contributed by atoms with E-state index in [1.165, 1.54) is 4.90 Å². The summed E-state index contributed by atoms with van der Waals surface area (Å²) in [4.78, 5) is 29.4. The van der Waals surface area contributed by atoms with Crippen LogP contribution in [0.5, 0.6) is 11.5 Å². The van der Waals surface area contributed by atoms with Crippen LogP contribution in [-0.4, -0.2) is 63.2 Å². The lowest BCUT2D eigenvalue weighted by Gasteiger charge is -2.35. The van der Waals surface area contributed by atoms with Crippen molar-refractivity contribution in [2.45, 2.75) is 52.2 Å². The molecule has 0 saturated carbocycles. The smallest absolute Gasteiger partial charge is 0.244 e. The molecule has 42 heavy (non-hydrogen) atoms. The van der Waals surface area contributed by atoms with Crippen molar-refractivity contribution in [1.82, 2.24) is 10.2 Å². The fourth-order valence-electron chi connectivity index (χ4n) is 4.46. The highest BCUT2D eigenvalue weighted by atomic mass is 32.2. The average Bonchev–Trinajstić information content (AvgIpc) is 2.93. The van der Waals surface area contributed by atoms with Gasteiger partial charge in [-0.2, -0.15) is 0 Å². The molecule has 3 aromatic rings. The summed E-state index contributed by atoms with van der Waals surface area (Å²) in [6, 6.07) is 22.2. The van der Waals surface area contributed by atoms with Gasteiger partial charge in [-0.15, -0.1) is 0 Å². The molecular weight excluding hydrogens is 554 g/mol. The van der Waals surface area contributed by atoms with E-state index < -0.39 is 34.1 Å². The predicted octanol–water partition coefficient (Wildman–Crippen LogP) is 4.41. The van der Waals surface area contributed by atoms with Crippen LogP contribution in [-0.2, 0) is 32.6 Å². The van der Waals surface area contributed by atoms with Gasteiger partial charge >= 0.3 is 0 Å². The van der Waals surface area contributed by atoms with E-state index in [-0.39, 0.29) is 18.9 Å². The van der Waals surface area contributed by atoms with Crippen molar-refractivity contribution < 1.29 is 27.5 Å². The van der Waals surface area contributed by atoms with Gasteiger partial charge in [0.15, 0.2) is 0 Å². The largest absolute Gasteiger partial charge is 0.497 e. The number of amides is 2. The molecule has 226 valence electrons. The second-order valence-electron chi connectivity index (χ2n) is 11.0. The van der Waals surface area contributed by atoms with Gasteiger partial charge in [-0.3, -0.25) is 13.9 Å². The van der Waals surface area contributed by atoms with Gasteiger partial charge in [0.25, 0.3) is 0 Å². The summed E-state index contributed by atoms with van der Waals surface area (Å²) in [7, 11) is -2.31. The summed E-state index contributed by atoms with van der Waals surface area (Å²) in [6.45, 7) is 7.50. The van der Waals surface area contributed by atoms with Crippen LogP contribution in [0.2, 0.25) is 0 Å². The molecule has 1 unspecified atom stereocenters. The molecule has 2 amide bonds. The topological polar surface area (TPSA) is 105 Å². The fraction of sp³-hybridized carbons (Fsp3) is 0.375. The van der Waals surface area contributed by atoms with Crippen LogP contribution in [0.3, 0.4) is 0 Å². The van der Waals surface area contributed by atoms with Crippen molar-refractivity contribution in [2.75, 3.05) is 30.8 Å². The van der Waals surface area contributed by atoms with Crippen LogP contribution in [0, 0.1) is 0 Å². The number of methoxy groups -OCH3 is 1. The summed E-state index contributed by atoms with van der Waals surface area (Å²) < 4.78 is 37.8. The Morgan fingerprint density at radius 1 is 0.905 bits per heavy atom. The number of rotatable bonds is 13. The Morgan fingerprint density at radius 2 is 1.55 bits per heavy atom. The van der Waals surface area contributed by atoms with E-state index in [4.69, 9.17) is 9.47 Å². The van der Waals surface area contributed by atoms with Gasteiger partial charge in [0.05, 0.1) is 25.7 Å². The predicted molar refractivity (Wildman–Crippen MR) is 165 cm³/mol. The molecule has 0 aliphatic heterocycles. The van der Waals surface area contributed by atoms with Crippen molar-refractivity contribution >= 4 is 27.5 Å². The number of nitrogens with zero attached hydrogens (tertiary/aromatic N) is 2. The minimum absolute atomic E-state index is 0.0615. The number of carbonyl (C=O) groups excluding carboxylic acids is 2. The number of nitrogens with one attached hydrogen (secondary N) is 1. The SMILES string of the molecule is CCOc1ccc(N(CC(=O)N(Cc2cccc(OC)c2)C(Cc2ccccc2)C(=O)NC(C)(C)C)S(C)(=O)=O)cc1.